The third-order valence-corrected chi connectivity index (χ3v) is 2.70. The van der Waals surface area contributed by atoms with Crippen LogP contribution in [0.4, 0.5) is 5.69 Å². The zero-order chi connectivity index (χ0) is 11.6. The molecule has 84 valence electrons. The highest BCUT2D eigenvalue weighted by Crippen LogP contribution is 2.35. The Hall–Kier alpha value is -1.47. The van der Waals surface area contributed by atoms with Crippen molar-refractivity contribution in [3.05, 3.63) is 12.1 Å². The molecule has 0 saturated carbocycles. The number of nitrogens with two attached hydrogens (primary N) is 2. The number of hydrogen-bond acceptors (Lipinski definition) is 5. The second kappa shape index (κ2) is 3.95. The van der Waals surface area contributed by atoms with Crippen molar-refractivity contribution in [3.8, 4) is 11.5 Å². The Balaban J connectivity index is 3.45. The number of nitrogen functional groups attached to an aromatic ring is 1. The first-order valence-electron chi connectivity index (χ1n) is 3.94. The number of primary sulfonamides is 1. The fraction of sp³-hybridized carbons (Fsp3) is 0.250. The number of rotatable bonds is 3. The Morgan fingerprint density at radius 2 is 1.80 bits per heavy atom. The van der Waals surface area contributed by atoms with E-state index in [0.29, 0.717) is 0 Å². The molecule has 0 aliphatic heterocycles. The highest BCUT2D eigenvalue weighted by molar-refractivity contribution is 7.89. The molecule has 0 bridgehead atoms. The van der Waals surface area contributed by atoms with Gasteiger partial charge >= 0.3 is 0 Å². The number of hydrogen-bond donors (Lipinski definition) is 2. The molecule has 0 saturated heterocycles. The predicted molar refractivity (Wildman–Crippen MR) is 55.3 cm³/mol. The highest BCUT2D eigenvalue weighted by Gasteiger charge is 2.15. The lowest BCUT2D eigenvalue weighted by Crippen LogP contribution is -2.13. The highest BCUT2D eigenvalue weighted by atomic mass is 32.2. The van der Waals surface area contributed by atoms with Gasteiger partial charge in [-0.1, -0.05) is 0 Å². The van der Waals surface area contributed by atoms with Crippen LogP contribution >= 0.6 is 0 Å². The predicted octanol–water partition coefficient (Wildman–Crippen LogP) is -0.0666. The molecule has 0 heterocycles. The van der Waals surface area contributed by atoms with Crippen molar-refractivity contribution in [2.45, 2.75) is 4.90 Å². The zero-order valence-electron chi connectivity index (χ0n) is 8.35. The molecule has 15 heavy (non-hydrogen) atoms. The monoisotopic (exact) mass is 232 g/mol. The lowest BCUT2D eigenvalue weighted by molar-refractivity contribution is 0.355. The van der Waals surface area contributed by atoms with E-state index in [1.165, 1.54) is 26.4 Å². The lowest BCUT2D eigenvalue weighted by Gasteiger charge is -2.11. The summed E-state index contributed by atoms with van der Waals surface area (Å²) in [7, 11) is -1.01. The Kier molecular flexibility index (Phi) is 3.06. The standard InChI is InChI=1S/C8H12N2O4S/c1-13-7-4-5(15(10,11)12)3-6(9)8(7)14-2/h3-4H,9H2,1-2H3,(H2,10,11,12). The molecule has 0 aliphatic rings. The lowest BCUT2D eigenvalue weighted by atomic mass is 10.3. The largest absolute Gasteiger partial charge is 0.493 e. The summed E-state index contributed by atoms with van der Waals surface area (Å²) in [5.41, 5.74) is 5.73. The maximum absolute atomic E-state index is 11.1. The van der Waals surface area contributed by atoms with Gasteiger partial charge in [-0.15, -0.1) is 0 Å². The fourth-order valence-corrected chi connectivity index (χ4v) is 1.69. The average molecular weight is 232 g/mol. The van der Waals surface area contributed by atoms with Crippen molar-refractivity contribution in [1.82, 2.24) is 0 Å². The minimum absolute atomic E-state index is 0.113. The van der Waals surface area contributed by atoms with Crippen LogP contribution in [0, 0.1) is 0 Å². The second-order valence-corrected chi connectivity index (χ2v) is 4.35. The maximum atomic E-state index is 11.1. The summed E-state index contributed by atoms with van der Waals surface area (Å²) in [5.74, 6) is 0.506. The smallest absolute Gasteiger partial charge is 0.238 e. The van der Waals surface area contributed by atoms with E-state index in [1.54, 1.807) is 0 Å². The molecule has 1 aromatic rings. The topological polar surface area (TPSA) is 105 Å². The average Bonchev–Trinajstić information content (AvgIpc) is 2.15. The van der Waals surface area contributed by atoms with Crippen molar-refractivity contribution < 1.29 is 17.9 Å². The molecule has 6 nitrogen and oxygen atoms in total. The molecule has 0 aliphatic carbocycles. The van der Waals surface area contributed by atoms with E-state index in [9.17, 15) is 8.42 Å². The molecule has 7 heteroatoms. The third-order valence-electron chi connectivity index (χ3n) is 1.81. The molecule has 0 spiro atoms. The quantitative estimate of drug-likeness (QED) is 0.710. The van der Waals surface area contributed by atoms with E-state index in [1.807, 2.05) is 0 Å². The molecule has 0 fully saturated rings. The summed E-state index contributed by atoms with van der Waals surface area (Å²) >= 11 is 0. The van der Waals surface area contributed by atoms with Crippen LogP contribution < -0.4 is 20.3 Å². The van der Waals surface area contributed by atoms with Crippen LogP contribution in [0.1, 0.15) is 0 Å². The van der Waals surface area contributed by atoms with Gasteiger partial charge < -0.3 is 15.2 Å². The van der Waals surface area contributed by atoms with Crippen LogP contribution in [0.25, 0.3) is 0 Å². The fourth-order valence-electron chi connectivity index (χ4n) is 1.13. The van der Waals surface area contributed by atoms with Crippen molar-refractivity contribution in [1.29, 1.82) is 0 Å². The van der Waals surface area contributed by atoms with Crippen molar-refractivity contribution in [3.63, 3.8) is 0 Å². The minimum atomic E-state index is -3.80. The third kappa shape index (κ3) is 2.31. The van der Waals surface area contributed by atoms with Crippen LogP contribution in [0.3, 0.4) is 0 Å². The van der Waals surface area contributed by atoms with Gasteiger partial charge in [-0.25, -0.2) is 13.6 Å². The van der Waals surface area contributed by atoms with E-state index in [0.717, 1.165) is 0 Å². The van der Waals surface area contributed by atoms with Crippen molar-refractivity contribution >= 4 is 15.7 Å². The minimum Gasteiger partial charge on any atom is -0.493 e. The second-order valence-electron chi connectivity index (χ2n) is 2.79. The van der Waals surface area contributed by atoms with Crippen LogP contribution in [0.15, 0.2) is 17.0 Å². The number of methoxy groups -OCH3 is 2. The molecule has 0 amide bonds. The summed E-state index contributed by atoms with van der Waals surface area (Å²) in [6.45, 7) is 0. The number of anilines is 1. The SMILES string of the molecule is COc1cc(S(N)(=O)=O)cc(N)c1OC. The zero-order valence-corrected chi connectivity index (χ0v) is 9.17. The van der Waals surface area contributed by atoms with Gasteiger partial charge in [0.1, 0.15) is 0 Å². The Bertz CT molecular complexity index is 470. The van der Waals surface area contributed by atoms with Gasteiger partial charge in [-0.3, -0.25) is 0 Å². The molecule has 0 atom stereocenters. The first kappa shape index (κ1) is 11.6. The molecule has 0 unspecified atom stereocenters. The van der Waals surface area contributed by atoms with E-state index in [4.69, 9.17) is 20.3 Å². The summed E-state index contributed by atoms with van der Waals surface area (Å²) in [4.78, 5) is -0.113. The molecular formula is C8H12N2O4S. The van der Waals surface area contributed by atoms with E-state index in [-0.39, 0.29) is 22.1 Å². The molecular weight excluding hydrogens is 220 g/mol. The first-order valence-corrected chi connectivity index (χ1v) is 5.49. The maximum Gasteiger partial charge on any atom is 0.238 e. The summed E-state index contributed by atoms with van der Waals surface area (Å²) in [6.07, 6.45) is 0. The number of ether oxygens (including phenoxy) is 2. The van der Waals surface area contributed by atoms with Crippen molar-refractivity contribution in [2.75, 3.05) is 20.0 Å². The van der Waals surface area contributed by atoms with Crippen LogP contribution in [-0.2, 0) is 10.0 Å². The van der Waals surface area contributed by atoms with Crippen LogP contribution in [-0.4, -0.2) is 22.6 Å². The molecule has 1 rings (SSSR count). The van der Waals surface area contributed by atoms with Gasteiger partial charge in [-0.2, -0.15) is 0 Å². The van der Waals surface area contributed by atoms with Crippen LogP contribution in [0.2, 0.25) is 0 Å². The Labute approximate surface area is 87.8 Å². The molecule has 0 aromatic heterocycles. The van der Waals surface area contributed by atoms with Gasteiger partial charge in [0.15, 0.2) is 11.5 Å². The Morgan fingerprint density at radius 3 is 2.20 bits per heavy atom. The van der Waals surface area contributed by atoms with E-state index < -0.39 is 10.0 Å². The molecule has 1 aromatic carbocycles. The summed E-state index contributed by atoms with van der Waals surface area (Å²) in [5, 5.41) is 4.96. The number of benzene rings is 1. The van der Waals surface area contributed by atoms with E-state index >= 15 is 0 Å². The van der Waals surface area contributed by atoms with Crippen LogP contribution in [0.5, 0.6) is 11.5 Å². The molecule has 4 N–H and O–H groups in total. The van der Waals surface area contributed by atoms with Crippen molar-refractivity contribution in [2.24, 2.45) is 5.14 Å². The first-order chi connectivity index (χ1) is 6.90. The summed E-state index contributed by atoms with van der Waals surface area (Å²) < 4.78 is 32.0. The summed E-state index contributed by atoms with van der Waals surface area (Å²) in [6, 6.07) is 2.47. The van der Waals surface area contributed by atoms with Gasteiger partial charge in [0.05, 0.1) is 24.8 Å². The van der Waals surface area contributed by atoms with E-state index in [2.05, 4.69) is 0 Å². The number of sulfonamides is 1. The van der Waals surface area contributed by atoms with Gasteiger partial charge in [-0.05, 0) is 6.07 Å². The van der Waals surface area contributed by atoms with Gasteiger partial charge in [0, 0.05) is 6.07 Å². The molecule has 0 radical (unpaired) electrons. The Morgan fingerprint density at radius 1 is 1.20 bits per heavy atom. The van der Waals surface area contributed by atoms with Gasteiger partial charge in [0.2, 0.25) is 10.0 Å². The normalized spacial score (nSPS) is 11.1. The van der Waals surface area contributed by atoms with Gasteiger partial charge in [0.25, 0.3) is 0 Å².